The molecular weight excluding hydrogens is 328 g/mol. The third-order valence-electron chi connectivity index (χ3n) is 4.72. The Hall–Kier alpha value is -3.24. The lowest BCUT2D eigenvalue weighted by Crippen LogP contribution is -2.45. The van der Waals surface area contributed by atoms with Crippen molar-refractivity contribution in [1.82, 2.24) is 19.9 Å². The zero-order valence-electron chi connectivity index (χ0n) is 14.4. The molecule has 7 nitrogen and oxygen atoms in total. The van der Waals surface area contributed by atoms with Crippen molar-refractivity contribution < 1.29 is 0 Å². The summed E-state index contributed by atoms with van der Waals surface area (Å²) in [5, 5.41) is 9.42. The van der Waals surface area contributed by atoms with Crippen LogP contribution in [0.1, 0.15) is 5.56 Å². The minimum Gasteiger partial charge on any atom is -0.340 e. The molecule has 0 radical (unpaired) electrons. The molecule has 1 fully saturated rings. The van der Waals surface area contributed by atoms with Gasteiger partial charge >= 0.3 is 0 Å². The van der Waals surface area contributed by atoms with Gasteiger partial charge in [0.05, 0.1) is 17.0 Å². The van der Waals surface area contributed by atoms with E-state index in [4.69, 9.17) is 5.26 Å². The van der Waals surface area contributed by atoms with Gasteiger partial charge in [-0.05, 0) is 36.4 Å². The van der Waals surface area contributed by atoms with Crippen LogP contribution in [-0.2, 0) is 0 Å². The third-order valence-corrected chi connectivity index (χ3v) is 4.72. The molecule has 1 saturated heterocycles. The second-order valence-corrected chi connectivity index (χ2v) is 6.43. The number of aromatic nitrogens is 3. The molecule has 0 aliphatic carbocycles. The molecule has 0 saturated carbocycles. The van der Waals surface area contributed by atoms with Crippen LogP contribution in [0.3, 0.4) is 0 Å². The van der Waals surface area contributed by atoms with Crippen LogP contribution in [0.15, 0.2) is 41.3 Å². The first-order valence-electron chi connectivity index (χ1n) is 8.49. The molecule has 0 spiro atoms. The maximum absolute atomic E-state index is 12.8. The van der Waals surface area contributed by atoms with E-state index < -0.39 is 0 Å². The monoisotopic (exact) mass is 346 g/mol. The highest BCUT2D eigenvalue weighted by atomic mass is 16.1. The molecule has 0 amide bonds. The lowest BCUT2D eigenvalue weighted by atomic mass is 10.0. The van der Waals surface area contributed by atoms with Gasteiger partial charge in [0.25, 0.3) is 5.56 Å². The van der Waals surface area contributed by atoms with Gasteiger partial charge in [-0.2, -0.15) is 10.2 Å². The average Bonchev–Trinajstić information content (AvgIpc) is 2.68. The Kier molecular flexibility index (Phi) is 4.11. The maximum Gasteiger partial charge on any atom is 0.262 e. The first-order valence-corrected chi connectivity index (χ1v) is 8.49. The summed E-state index contributed by atoms with van der Waals surface area (Å²) in [4.78, 5) is 28.9. The van der Waals surface area contributed by atoms with Gasteiger partial charge < -0.3 is 9.80 Å². The molecule has 0 bridgehead atoms. The number of anilines is 1. The SMILES string of the molecule is CN1CCN(c2nc3nccc(-c4ccc(C#N)cc4)c3c(=O)[nH]2)CC1. The molecule has 3 heterocycles. The van der Waals surface area contributed by atoms with Crippen LogP contribution in [0.5, 0.6) is 0 Å². The summed E-state index contributed by atoms with van der Waals surface area (Å²) in [5.41, 5.74) is 2.44. The summed E-state index contributed by atoms with van der Waals surface area (Å²) in [6, 6.07) is 11.0. The number of hydrogen-bond acceptors (Lipinski definition) is 6. The molecule has 0 unspecified atom stereocenters. The first kappa shape index (κ1) is 16.2. The Labute approximate surface area is 150 Å². The smallest absolute Gasteiger partial charge is 0.262 e. The van der Waals surface area contributed by atoms with E-state index in [2.05, 4.69) is 37.9 Å². The molecular formula is C19H18N6O. The van der Waals surface area contributed by atoms with Crippen LogP contribution in [-0.4, -0.2) is 53.1 Å². The van der Waals surface area contributed by atoms with Gasteiger partial charge in [-0.25, -0.2) is 4.98 Å². The molecule has 130 valence electrons. The fourth-order valence-corrected chi connectivity index (χ4v) is 3.18. The number of pyridine rings is 1. The summed E-state index contributed by atoms with van der Waals surface area (Å²) < 4.78 is 0. The van der Waals surface area contributed by atoms with E-state index in [-0.39, 0.29) is 5.56 Å². The minimum absolute atomic E-state index is 0.198. The Morgan fingerprint density at radius 3 is 2.54 bits per heavy atom. The van der Waals surface area contributed by atoms with Crippen LogP contribution in [0.2, 0.25) is 0 Å². The normalized spacial score (nSPS) is 15.2. The standard InChI is InChI=1S/C19H18N6O/c1-24-8-10-25(11-9-24)19-22-17-16(18(26)23-19)15(6-7-21-17)14-4-2-13(12-20)3-5-14/h2-7H,8-11H2,1H3,(H,21,22,23,26). The highest BCUT2D eigenvalue weighted by Gasteiger charge is 2.18. The van der Waals surface area contributed by atoms with Crippen LogP contribution in [0, 0.1) is 11.3 Å². The second kappa shape index (κ2) is 6.58. The van der Waals surface area contributed by atoms with E-state index in [1.165, 1.54) is 0 Å². The van der Waals surface area contributed by atoms with Gasteiger partial charge in [0.2, 0.25) is 5.95 Å². The molecule has 0 atom stereocenters. The van der Waals surface area contributed by atoms with Crippen molar-refractivity contribution >= 4 is 17.0 Å². The molecule has 26 heavy (non-hydrogen) atoms. The van der Waals surface area contributed by atoms with Gasteiger partial charge in [0, 0.05) is 32.4 Å². The van der Waals surface area contributed by atoms with Gasteiger partial charge in [-0.15, -0.1) is 0 Å². The van der Waals surface area contributed by atoms with Crippen LogP contribution in [0.4, 0.5) is 5.95 Å². The highest BCUT2D eigenvalue weighted by molar-refractivity contribution is 5.92. The van der Waals surface area contributed by atoms with Crippen molar-refractivity contribution in [2.24, 2.45) is 0 Å². The predicted molar refractivity (Wildman–Crippen MR) is 100 cm³/mol. The summed E-state index contributed by atoms with van der Waals surface area (Å²) in [7, 11) is 2.08. The third kappa shape index (κ3) is 2.91. The Morgan fingerprint density at radius 1 is 1.12 bits per heavy atom. The molecule has 2 aromatic heterocycles. The number of rotatable bonds is 2. The number of H-pyrrole nitrogens is 1. The summed E-state index contributed by atoms with van der Waals surface area (Å²) in [5.74, 6) is 0.570. The number of nitrogens with one attached hydrogen (secondary N) is 1. The summed E-state index contributed by atoms with van der Waals surface area (Å²) in [6.07, 6.45) is 1.66. The first-order chi connectivity index (χ1) is 12.7. The lowest BCUT2D eigenvalue weighted by molar-refractivity contribution is 0.311. The summed E-state index contributed by atoms with van der Waals surface area (Å²) in [6.45, 7) is 3.50. The zero-order valence-corrected chi connectivity index (χ0v) is 14.4. The van der Waals surface area contributed by atoms with Crippen molar-refractivity contribution in [3.05, 3.63) is 52.4 Å². The number of hydrogen-bond donors (Lipinski definition) is 1. The van der Waals surface area contributed by atoms with E-state index in [1.807, 2.05) is 12.1 Å². The Balaban J connectivity index is 1.79. The van der Waals surface area contributed by atoms with Crippen molar-refractivity contribution in [1.29, 1.82) is 5.26 Å². The van der Waals surface area contributed by atoms with Gasteiger partial charge in [0.15, 0.2) is 5.65 Å². The van der Waals surface area contributed by atoms with Crippen molar-refractivity contribution in [2.75, 3.05) is 38.1 Å². The van der Waals surface area contributed by atoms with Crippen molar-refractivity contribution in [3.63, 3.8) is 0 Å². The molecule has 1 aliphatic rings. The van der Waals surface area contributed by atoms with Gasteiger partial charge in [0.1, 0.15) is 0 Å². The lowest BCUT2D eigenvalue weighted by Gasteiger charge is -2.32. The van der Waals surface area contributed by atoms with E-state index in [0.29, 0.717) is 22.5 Å². The molecule has 1 N–H and O–H groups in total. The largest absolute Gasteiger partial charge is 0.340 e. The molecule has 3 aromatic rings. The minimum atomic E-state index is -0.198. The number of piperazine rings is 1. The number of benzene rings is 1. The van der Waals surface area contributed by atoms with Gasteiger partial charge in [-0.1, -0.05) is 12.1 Å². The quantitative estimate of drug-likeness (QED) is 0.758. The van der Waals surface area contributed by atoms with Crippen molar-refractivity contribution in [2.45, 2.75) is 0 Å². The van der Waals surface area contributed by atoms with Crippen molar-refractivity contribution in [3.8, 4) is 17.2 Å². The molecule has 4 rings (SSSR count). The number of likely N-dealkylation sites (N-methyl/N-ethyl adjacent to an activating group) is 1. The van der Waals surface area contributed by atoms with Crippen LogP contribution < -0.4 is 10.5 Å². The fourth-order valence-electron chi connectivity index (χ4n) is 3.18. The molecule has 1 aliphatic heterocycles. The number of nitrogens with zero attached hydrogens (tertiary/aromatic N) is 5. The van der Waals surface area contributed by atoms with E-state index in [1.54, 1.807) is 24.4 Å². The number of nitriles is 1. The van der Waals surface area contributed by atoms with E-state index in [0.717, 1.165) is 37.3 Å². The number of fused-ring (bicyclic) bond motifs is 1. The van der Waals surface area contributed by atoms with Gasteiger partial charge in [-0.3, -0.25) is 9.78 Å². The maximum atomic E-state index is 12.8. The fraction of sp³-hybridized carbons (Fsp3) is 0.263. The Bertz CT molecular complexity index is 1040. The zero-order chi connectivity index (χ0) is 18.1. The topological polar surface area (TPSA) is 88.9 Å². The van der Waals surface area contributed by atoms with Crippen LogP contribution in [0.25, 0.3) is 22.2 Å². The highest BCUT2D eigenvalue weighted by Crippen LogP contribution is 2.25. The number of aromatic amines is 1. The molecule has 7 heteroatoms. The summed E-state index contributed by atoms with van der Waals surface area (Å²) >= 11 is 0. The van der Waals surface area contributed by atoms with Crippen LogP contribution >= 0.6 is 0 Å². The molecule has 1 aromatic carbocycles. The average molecular weight is 346 g/mol. The van der Waals surface area contributed by atoms with E-state index >= 15 is 0 Å². The van der Waals surface area contributed by atoms with E-state index in [9.17, 15) is 4.79 Å². The Morgan fingerprint density at radius 2 is 1.85 bits per heavy atom. The second-order valence-electron chi connectivity index (χ2n) is 6.43. The predicted octanol–water partition coefficient (Wildman–Crippen LogP) is 1.61.